The molecule has 0 aliphatic carbocycles. The van der Waals surface area contributed by atoms with Crippen LogP contribution >= 0.6 is 0 Å². The van der Waals surface area contributed by atoms with Gasteiger partial charge in [0.1, 0.15) is 0 Å². The number of aryl methyl sites for hydroxylation is 1. The number of rotatable bonds is 6. The minimum Gasteiger partial charge on any atom is -0.389 e. The van der Waals surface area contributed by atoms with Crippen LogP contribution in [0.1, 0.15) is 5.56 Å². The lowest BCUT2D eigenvalue weighted by molar-refractivity contribution is 0.0679. The van der Waals surface area contributed by atoms with Crippen LogP contribution in [0.2, 0.25) is 0 Å². The summed E-state index contributed by atoms with van der Waals surface area (Å²) in [7, 11) is -2.12. The highest BCUT2D eigenvalue weighted by molar-refractivity contribution is 7.89. The summed E-state index contributed by atoms with van der Waals surface area (Å²) < 4.78 is 30.7. The zero-order valence-corrected chi connectivity index (χ0v) is 10.7. The summed E-state index contributed by atoms with van der Waals surface area (Å²) in [5.74, 6) is 0. The quantitative estimate of drug-likeness (QED) is 0.769. The van der Waals surface area contributed by atoms with Gasteiger partial charge in [0.15, 0.2) is 0 Å². The van der Waals surface area contributed by atoms with Gasteiger partial charge in [0, 0.05) is 13.7 Å². The van der Waals surface area contributed by atoms with E-state index < -0.39 is 16.1 Å². The second kappa shape index (κ2) is 6.11. The Kier molecular flexibility index (Phi) is 5.07. The van der Waals surface area contributed by atoms with Crippen molar-refractivity contribution in [3.05, 3.63) is 29.8 Å². The molecule has 0 aliphatic rings. The van der Waals surface area contributed by atoms with Crippen molar-refractivity contribution < 1.29 is 18.3 Å². The maximum absolute atomic E-state index is 11.8. The molecule has 0 fully saturated rings. The first-order chi connectivity index (χ1) is 7.95. The lowest BCUT2D eigenvalue weighted by atomic mass is 10.2. The van der Waals surface area contributed by atoms with Crippen molar-refractivity contribution in [3.8, 4) is 0 Å². The summed E-state index contributed by atoms with van der Waals surface area (Å²) in [6.45, 7) is 1.85. The molecule has 0 amide bonds. The summed E-state index contributed by atoms with van der Waals surface area (Å²) in [6.07, 6.45) is -0.848. The first-order valence-corrected chi connectivity index (χ1v) is 6.67. The predicted octanol–water partition coefficient (Wildman–Crippen LogP) is 0.281. The highest BCUT2D eigenvalue weighted by Crippen LogP contribution is 2.10. The molecule has 0 aromatic heterocycles. The van der Waals surface area contributed by atoms with Crippen LogP contribution in [0.4, 0.5) is 0 Å². The predicted molar refractivity (Wildman–Crippen MR) is 64.3 cm³/mol. The van der Waals surface area contributed by atoms with E-state index in [0.29, 0.717) is 0 Å². The summed E-state index contributed by atoms with van der Waals surface area (Å²) in [5, 5.41) is 9.36. The number of benzene rings is 1. The lowest BCUT2D eigenvalue weighted by Crippen LogP contribution is -2.34. The molecule has 0 heterocycles. The Morgan fingerprint density at radius 1 is 1.47 bits per heavy atom. The van der Waals surface area contributed by atoms with Crippen LogP contribution in [-0.4, -0.2) is 39.9 Å². The zero-order chi connectivity index (χ0) is 12.9. The number of aliphatic hydroxyl groups excluding tert-OH is 1. The molecule has 2 N–H and O–H groups in total. The van der Waals surface area contributed by atoms with E-state index >= 15 is 0 Å². The van der Waals surface area contributed by atoms with E-state index in [2.05, 4.69) is 4.72 Å². The third-order valence-electron chi connectivity index (χ3n) is 2.17. The van der Waals surface area contributed by atoms with Gasteiger partial charge in [-0.1, -0.05) is 12.1 Å². The molecule has 1 rings (SSSR count). The van der Waals surface area contributed by atoms with Gasteiger partial charge < -0.3 is 9.84 Å². The number of nitrogens with one attached hydrogen (secondary N) is 1. The van der Waals surface area contributed by atoms with Crippen LogP contribution in [0.25, 0.3) is 0 Å². The van der Waals surface area contributed by atoms with E-state index in [0.717, 1.165) is 5.56 Å². The van der Waals surface area contributed by atoms with Crippen LogP contribution in [0.15, 0.2) is 29.2 Å². The molecule has 0 saturated heterocycles. The molecule has 17 heavy (non-hydrogen) atoms. The Bertz CT molecular complexity index is 458. The van der Waals surface area contributed by atoms with Gasteiger partial charge in [0.25, 0.3) is 0 Å². The summed E-state index contributed by atoms with van der Waals surface area (Å²) in [6, 6.07) is 6.58. The molecule has 0 radical (unpaired) electrons. The molecular weight excluding hydrogens is 242 g/mol. The Morgan fingerprint density at radius 2 is 2.18 bits per heavy atom. The molecule has 0 bridgehead atoms. The minimum absolute atomic E-state index is 0.0654. The Hall–Kier alpha value is -0.950. The Labute approximate surface area is 101 Å². The average Bonchev–Trinajstić information content (AvgIpc) is 2.27. The van der Waals surface area contributed by atoms with E-state index in [1.54, 1.807) is 12.1 Å². The van der Waals surface area contributed by atoms with Gasteiger partial charge in [-0.2, -0.15) is 0 Å². The lowest BCUT2D eigenvalue weighted by Gasteiger charge is -2.11. The normalized spacial score (nSPS) is 13.6. The van der Waals surface area contributed by atoms with Crippen molar-refractivity contribution in [1.82, 2.24) is 4.72 Å². The molecule has 96 valence electrons. The van der Waals surface area contributed by atoms with Gasteiger partial charge >= 0.3 is 0 Å². The summed E-state index contributed by atoms with van der Waals surface area (Å²) in [5.41, 5.74) is 0.866. The van der Waals surface area contributed by atoms with Crippen molar-refractivity contribution in [3.63, 3.8) is 0 Å². The fourth-order valence-electron chi connectivity index (χ4n) is 1.32. The van der Waals surface area contributed by atoms with Gasteiger partial charge in [-0.3, -0.25) is 0 Å². The highest BCUT2D eigenvalue weighted by Gasteiger charge is 2.15. The van der Waals surface area contributed by atoms with Crippen molar-refractivity contribution in [2.75, 3.05) is 20.3 Å². The van der Waals surface area contributed by atoms with E-state index in [1.165, 1.54) is 13.2 Å². The zero-order valence-electron chi connectivity index (χ0n) is 9.88. The molecule has 1 atom stereocenters. The number of hydrogen-bond donors (Lipinski definition) is 2. The van der Waals surface area contributed by atoms with Crippen molar-refractivity contribution >= 4 is 10.0 Å². The fraction of sp³-hybridized carbons (Fsp3) is 0.455. The maximum atomic E-state index is 11.8. The second-order valence-corrected chi connectivity index (χ2v) is 5.54. The monoisotopic (exact) mass is 259 g/mol. The number of methoxy groups -OCH3 is 1. The summed E-state index contributed by atoms with van der Waals surface area (Å²) >= 11 is 0. The van der Waals surface area contributed by atoms with E-state index in [-0.39, 0.29) is 18.0 Å². The molecule has 5 nitrogen and oxygen atoms in total. The van der Waals surface area contributed by atoms with Gasteiger partial charge in [-0.25, -0.2) is 13.1 Å². The number of hydrogen-bond acceptors (Lipinski definition) is 4. The third-order valence-corrected chi connectivity index (χ3v) is 3.59. The van der Waals surface area contributed by atoms with E-state index in [9.17, 15) is 13.5 Å². The first kappa shape index (κ1) is 14.1. The smallest absolute Gasteiger partial charge is 0.240 e. The van der Waals surface area contributed by atoms with Gasteiger partial charge in [0.2, 0.25) is 10.0 Å². The van der Waals surface area contributed by atoms with Crippen molar-refractivity contribution in [2.45, 2.75) is 17.9 Å². The molecule has 1 unspecified atom stereocenters. The standard InChI is InChI=1S/C11H17NO4S/c1-9-4-3-5-11(6-9)17(14,15)12-7-10(13)8-16-2/h3-6,10,12-13H,7-8H2,1-2H3. The SMILES string of the molecule is COCC(O)CNS(=O)(=O)c1cccc(C)c1. The molecule has 0 aliphatic heterocycles. The second-order valence-electron chi connectivity index (χ2n) is 3.78. The van der Waals surface area contributed by atoms with Gasteiger partial charge in [-0.15, -0.1) is 0 Å². The maximum Gasteiger partial charge on any atom is 0.240 e. The van der Waals surface area contributed by atoms with Crippen LogP contribution in [0.5, 0.6) is 0 Å². The van der Waals surface area contributed by atoms with Gasteiger partial charge in [0.05, 0.1) is 17.6 Å². The highest BCUT2D eigenvalue weighted by atomic mass is 32.2. The van der Waals surface area contributed by atoms with Crippen LogP contribution in [-0.2, 0) is 14.8 Å². The van der Waals surface area contributed by atoms with E-state index in [1.807, 2.05) is 13.0 Å². The molecular formula is C11H17NO4S. The average molecular weight is 259 g/mol. The number of ether oxygens (including phenoxy) is 1. The van der Waals surface area contributed by atoms with Crippen molar-refractivity contribution in [2.24, 2.45) is 0 Å². The molecule has 1 aromatic rings. The van der Waals surface area contributed by atoms with E-state index in [4.69, 9.17) is 4.74 Å². The number of sulfonamides is 1. The topological polar surface area (TPSA) is 75.6 Å². The summed E-state index contributed by atoms with van der Waals surface area (Å²) in [4.78, 5) is 0.196. The Morgan fingerprint density at radius 3 is 2.76 bits per heavy atom. The van der Waals surface area contributed by atoms with Crippen LogP contribution in [0, 0.1) is 6.92 Å². The molecule has 0 spiro atoms. The molecule has 0 saturated carbocycles. The molecule has 6 heteroatoms. The fourth-order valence-corrected chi connectivity index (χ4v) is 2.50. The minimum atomic E-state index is -3.56. The molecule has 1 aromatic carbocycles. The largest absolute Gasteiger partial charge is 0.389 e. The third kappa shape index (κ3) is 4.43. The van der Waals surface area contributed by atoms with Crippen molar-refractivity contribution in [1.29, 1.82) is 0 Å². The number of aliphatic hydroxyl groups is 1. The first-order valence-electron chi connectivity index (χ1n) is 5.19. The van der Waals surface area contributed by atoms with Crippen LogP contribution in [0.3, 0.4) is 0 Å². The van der Waals surface area contributed by atoms with Gasteiger partial charge in [-0.05, 0) is 24.6 Å². The van der Waals surface area contributed by atoms with Crippen LogP contribution < -0.4 is 4.72 Å². The Balaban J connectivity index is 2.69.